The Bertz CT molecular complexity index is 992. The zero-order valence-corrected chi connectivity index (χ0v) is 17.9. The molecule has 1 aliphatic carbocycles. The number of fused-ring (bicyclic) bond motifs is 2. The van der Waals surface area contributed by atoms with E-state index in [0.29, 0.717) is 0 Å². The van der Waals surface area contributed by atoms with Crippen molar-refractivity contribution in [2.75, 3.05) is 0 Å². The van der Waals surface area contributed by atoms with Gasteiger partial charge >= 0.3 is 11.9 Å². The molecule has 6 heteroatoms. The van der Waals surface area contributed by atoms with E-state index < -0.39 is 34.3 Å². The van der Waals surface area contributed by atoms with Crippen molar-refractivity contribution >= 4 is 23.5 Å². The minimum atomic E-state index is -0.781. The first-order chi connectivity index (χ1) is 13.8. The van der Waals surface area contributed by atoms with Crippen LogP contribution in [0.1, 0.15) is 73.4 Å². The van der Waals surface area contributed by atoms with E-state index >= 15 is 0 Å². The third-order valence-corrected chi connectivity index (χ3v) is 4.63. The van der Waals surface area contributed by atoms with Gasteiger partial charge in [0.1, 0.15) is 11.5 Å². The van der Waals surface area contributed by atoms with Gasteiger partial charge in [0.15, 0.2) is 11.6 Å². The number of benzene rings is 2. The number of hydrogen-bond donors (Lipinski definition) is 0. The Morgan fingerprint density at radius 2 is 0.967 bits per heavy atom. The van der Waals surface area contributed by atoms with E-state index in [4.69, 9.17) is 9.47 Å². The summed E-state index contributed by atoms with van der Waals surface area (Å²) in [6.07, 6.45) is 0. The first-order valence-electron chi connectivity index (χ1n) is 9.62. The van der Waals surface area contributed by atoms with E-state index in [1.807, 2.05) is 0 Å². The Morgan fingerprint density at radius 1 is 0.633 bits per heavy atom. The highest BCUT2D eigenvalue weighted by Gasteiger charge is 2.37. The number of carbonyl (C=O) groups is 4. The SMILES string of the molecule is CC(C)(C)C(=O)Oc1cccc2c1C(=O)c1cccc(OC(=O)C(C)(C)C)c1C2=O. The monoisotopic (exact) mass is 408 g/mol. The molecule has 0 radical (unpaired) electrons. The van der Waals surface area contributed by atoms with Gasteiger partial charge in [-0.15, -0.1) is 0 Å². The maximum absolute atomic E-state index is 13.3. The summed E-state index contributed by atoms with van der Waals surface area (Å²) in [6.45, 7) is 10.2. The summed E-state index contributed by atoms with van der Waals surface area (Å²) < 4.78 is 10.9. The van der Waals surface area contributed by atoms with Gasteiger partial charge in [0, 0.05) is 11.1 Å². The van der Waals surface area contributed by atoms with Crippen LogP contribution in [0.3, 0.4) is 0 Å². The Morgan fingerprint density at radius 3 is 1.27 bits per heavy atom. The molecule has 30 heavy (non-hydrogen) atoms. The van der Waals surface area contributed by atoms with E-state index in [-0.39, 0.29) is 33.8 Å². The second kappa shape index (κ2) is 7.20. The lowest BCUT2D eigenvalue weighted by molar-refractivity contribution is -0.143. The molecule has 0 N–H and O–H groups in total. The number of ketones is 2. The fraction of sp³-hybridized carbons (Fsp3) is 0.333. The smallest absolute Gasteiger partial charge is 0.316 e. The van der Waals surface area contributed by atoms with Crippen molar-refractivity contribution in [3.8, 4) is 11.5 Å². The van der Waals surface area contributed by atoms with Gasteiger partial charge in [0.25, 0.3) is 0 Å². The van der Waals surface area contributed by atoms with Crippen molar-refractivity contribution in [1.29, 1.82) is 0 Å². The van der Waals surface area contributed by atoms with Crippen LogP contribution in [0.25, 0.3) is 0 Å². The van der Waals surface area contributed by atoms with Gasteiger partial charge in [-0.05, 0) is 53.7 Å². The molecule has 1 aliphatic rings. The van der Waals surface area contributed by atoms with Crippen LogP contribution >= 0.6 is 0 Å². The van der Waals surface area contributed by atoms with Gasteiger partial charge in [-0.2, -0.15) is 0 Å². The molecule has 156 valence electrons. The molecule has 0 fully saturated rings. The highest BCUT2D eigenvalue weighted by atomic mass is 16.5. The van der Waals surface area contributed by atoms with E-state index in [2.05, 4.69) is 0 Å². The van der Waals surface area contributed by atoms with Crippen LogP contribution in [0.4, 0.5) is 0 Å². The summed E-state index contributed by atoms with van der Waals surface area (Å²) >= 11 is 0. The quantitative estimate of drug-likeness (QED) is 0.462. The Hall–Kier alpha value is -3.28. The highest BCUT2D eigenvalue weighted by molar-refractivity contribution is 6.30. The van der Waals surface area contributed by atoms with Gasteiger partial charge in [-0.3, -0.25) is 19.2 Å². The van der Waals surface area contributed by atoms with Gasteiger partial charge in [0.05, 0.1) is 22.0 Å². The van der Waals surface area contributed by atoms with Crippen LogP contribution in [0.2, 0.25) is 0 Å². The van der Waals surface area contributed by atoms with E-state index in [9.17, 15) is 19.2 Å². The zero-order chi connectivity index (χ0) is 22.4. The van der Waals surface area contributed by atoms with Crippen molar-refractivity contribution in [3.63, 3.8) is 0 Å². The lowest BCUT2D eigenvalue weighted by Crippen LogP contribution is -2.29. The fourth-order valence-electron chi connectivity index (χ4n) is 2.85. The maximum Gasteiger partial charge on any atom is 0.316 e. The highest BCUT2D eigenvalue weighted by Crippen LogP contribution is 2.38. The van der Waals surface area contributed by atoms with E-state index in [1.54, 1.807) is 53.7 Å². The fourth-order valence-corrected chi connectivity index (χ4v) is 2.85. The molecule has 0 saturated carbocycles. The zero-order valence-electron chi connectivity index (χ0n) is 17.9. The first kappa shape index (κ1) is 21.4. The third kappa shape index (κ3) is 3.77. The van der Waals surface area contributed by atoms with Crippen molar-refractivity contribution in [2.24, 2.45) is 10.8 Å². The molecular formula is C24H24O6. The van der Waals surface area contributed by atoms with Crippen LogP contribution in [-0.2, 0) is 9.59 Å². The molecule has 0 aliphatic heterocycles. The predicted molar refractivity (Wildman–Crippen MR) is 110 cm³/mol. The molecule has 3 rings (SSSR count). The van der Waals surface area contributed by atoms with Crippen molar-refractivity contribution in [2.45, 2.75) is 41.5 Å². The summed E-state index contributed by atoms with van der Waals surface area (Å²) in [5.41, 5.74) is -1.29. The van der Waals surface area contributed by atoms with Crippen LogP contribution in [0, 0.1) is 10.8 Å². The Balaban J connectivity index is 2.10. The molecule has 0 spiro atoms. The normalized spacial score (nSPS) is 13.4. The number of carbonyl (C=O) groups excluding carboxylic acids is 4. The molecular weight excluding hydrogens is 384 g/mol. The van der Waals surface area contributed by atoms with Crippen LogP contribution < -0.4 is 9.47 Å². The minimum Gasteiger partial charge on any atom is -0.425 e. The summed E-state index contributed by atoms with van der Waals surface area (Å²) in [6, 6.07) is 9.06. The summed E-state index contributed by atoms with van der Waals surface area (Å²) in [7, 11) is 0. The molecule has 0 aromatic heterocycles. The summed E-state index contributed by atoms with van der Waals surface area (Å²) in [5.74, 6) is -1.90. The van der Waals surface area contributed by atoms with Crippen molar-refractivity contribution in [1.82, 2.24) is 0 Å². The third-order valence-electron chi connectivity index (χ3n) is 4.63. The topological polar surface area (TPSA) is 86.7 Å². The predicted octanol–water partition coefficient (Wildman–Crippen LogP) is 4.37. The molecule has 0 bridgehead atoms. The van der Waals surface area contributed by atoms with E-state index in [0.717, 1.165) is 0 Å². The van der Waals surface area contributed by atoms with Gasteiger partial charge in [-0.25, -0.2) is 0 Å². The average Bonchev–Trinajstić information content (AvgIpc) is 2.64. The van der Waals surface area contributed by atoms with Gasteiger partial charge in [-0.1, -0.05) is 24.3 Å². The molecule has 2 aromatic carbocycles. The standard InChI is InChI=1S/C24H24O6/c1-23(2,3)21(27)29-15-11-7-9-13-17(15)19(25)14-10-8-12-16(18(14)20(13)26)30-22(28)24(4,5)6/h7-12H,1-6H3. The van der Waals surface area contributed by atoms with Crippen LogP contribution in [0.15, 0.2) is 36.4 Å². The second-order valence-corrected chi connectivity index (χ2v) is 9.29. The molecule has 0 amide bonds. The molecule has 2 aromatic rings. The average molecular weight is 408 g/mol. The van der Waals surface area contributed by atoms with Crippen molar-refractivity contribution in [3.05, 3.63) is 58.7 Å². The largest absolute Gasteiger partial charge is 0.425 e. The van der Waals surface area contributed by atoms with Crippen LogP contribution in [0.5, 0.6) is 11.5 Å². The first-order valence-corrected chi connectivity index (χ1v) is 9.62. The van der Waals surface area contributed by atoms with E-state index in [1.165, 1.54) is 24.3 Å². The molecule has 0 heterocycles. The Kier molecular flexibility index (Phi) is 5.14. The van der Waals surface area contributed by atoms with Crippen LogP contribution in [-0.4, -0.2) is 23.5 Å². The number of esters is 2. The van der Waals surface area contributed by atoms with Crippen molar-refractivity contribution < 1.29 is 28.7 Å². The lowest BCUT2D eigenvalue weighted by atomic mass is 9.83. The minimum absolute atomic E-state index is 0.0342. The summed E-state index contributed by atoms with van der Waals surface area (Å²) in [5, 5.41) is 0. The molecule has 0 atom stereocenters. The number of hydrogen-bond acceptors (Lipinski definition) is 6. The maximum atomic E-state index is 13.3. The molecule has 0 unspecified atom stereocenters. The lowest BCUT2D eigenvalue weighted by Gasteiger charge is -2.24. The molecule has 6 nitrogen and oxygen atoms in total. The Labute approximate surface area is 175 Å². The second-order valence-electron chi connectivity index (χ2n) is 9.29. The number of rotatable bonds is 2. The van der Waals surface area contributed by atoms with Gasteiger partial charge < -0.3 is 9.47 Å². The summed E-state index contributed by atoms with van der Waals surface area (Å²) in [4.78, 5) is 51.2. The molecule has 0 saturated heterocycles. The van der Waals surface area contributed by atoms with Gasteiger partial charge in [0.2, 0.25) is 0 Å². The number of ether oxygens (including phenoxy) is 2.